The zero-order valence-electron chi connectivity index (χ0n) is 21.0. The summed E-state index contributed by atoms with van der Waals surface area (Å²) in [6, 6.07) is 6.26. The number of aromatic nitrogens is 1. The number of nitrogens with zero attached hydrogens (tertiary/aromatic N) is 2. The van der Waals surface area contributed by atoms with Crippen LogP contribution in [0.5, 0.6) is 5.75 Å². The van der Waals surface area contributed by atoms with Crippen molar-refractivity contribution in [2.45, 2.75) is 38.5 Å². The predicted octanol–water partition coefficient (Wildman–Crippen LogP) is 6.05. The Balaban J connectivity index is 1.40. The number of piperidine rings is 1. The molecule has 2 heterocycles. The molecule has 38 heavy (non-hydrogen) atoms. The number of ether oxygens (including phenoxy) is 1. The molecule has 3 aromatic rings. The van der Waals surface area contributed by atoms with Gasteiger partial charge in [0.05, 0.1) is 24.7 Å². The van der Waals surface area contributed by atoms with Gasteiger partial charge >= 0.3 is 0 Å². The lowest BCUT2D eigenvalue weighted by atomic mass is 9.74. The summed E-state index contributed by atoms with van der Waals surface area (Å²) in [6.07, 6.45) is 1.58. The van der Waals surface area contributed by atoms with E-state index in [2.05, 4.69) is 16.8 Å². The molecule has 0 unspecified atom stereocenters. The Morgan fingerprint density at radius 1 is 1.13 bits per heavy atom. The average molecular weight is 533 g/mol. The summed E-state index contributed by atoms with van der Waals surface area (Å²) >= 11 is 0. The van der Waals surface area contributed by atoms with Crippen LogP contribution in [0.2, 0.25) is 0 Å². The Morgan fingerprint density at radius 3 is 2.47 bits per heavy atom. The van der Waals surface area contributed by atoms with Crippen LogP contribution in [0.25, 0.3) is 10.9 Å². The number of pyridine rings is 1. The Bertz CT molecular complexity index is 1320. The highest BCUT2D eigenvalue weighted by molar-refractivity contribution is 5.85. The molecule has 1 fully saturated rings. The van der Waals surface area contributed by atoms with Gasteiger partial charge in [-0.3, -0.25) is 9.88 Å². The topological polar surface area (TPSA) is 45.6 Å². The summed E-state index contributed by atoms with van der Waals surface area (Å²) in [5.74, 6) is 2.58. The standard InChI is InChI=1S/C29H29F5N2O2/c1-38-21-4-5-27-23(15-21)28(19(16-30)17-35-27)24(32)6-7-29(18-37)8-11-36(12-9-29)10-2-3-22-25(33)13-20(31)14-26(22)34/h4-5,13-15,17,24,37H,6-12,16,18H2,1H3/t24-/m1/s1. The Labute approximate surface area is 218 Å². The SMILES string of the molecule is COc1ccc2ncc(CF)c([C@H](F)CCC3(CO)CCN(CC#Cc4c(F)cc(F)cc4F)CC3)c2c1. The molecule has 202 valence electrons. The summed E-state index contributed by atoms with van der Waals surface area (Å²) in [5, 5.41) is 10.7. The maximum atomic E-state index is 15.7. The van der Waals surface area contributed by atoms with Gasteiger partial charge in [0.1, 0.15) is 36.0 Å². The van der Waals surface area contributed by atoms with Gasteiger partial charge in [-0.05, 0) is 62.4 Å². The monoisotopic (exact) mass is 532 g/mol. The summed E-state index contributed by atoms with van der Waals surface area (Å²) in [5.41, 5.74) is 0.0272. The molecule has 1 saturated heterocycles. The van der Waals surface area contributed by atoms with Crippen LogP contribution in [0.3, 0.4) is 0 Å². The maximum Gasteiger partial charge on any atom is 0.144 e. The average Bonchev–Trinajstić information content (AvgIpc) is 2.92. The summed E-state index contributed by atoms with van der Waals surface area (Å²) in [7, 11) is 1.50. The second kappa shape index (κ2) is 12.1. The van der Waals surface area contributed by atoms with Crippen LogP contribution in [-0.4, -0.2) is 48.3 Å². The normalized spacial score (nSPS) is 16.2. The molecule has 0 spiro atoms. The molecule has 2 aromatic carbocycles. The zero-order chi connectivity index (χ0) is 27.3. The zero-order valence-corrected chi connectivity index (χ0v) is 21.0. The molecule has 9 heteroatoms. The third-order valence-electron chi connectivity index (χ3n) is 7.36. The Hall–Kier alpha value is -3.22. The van der Waals surface area contributed by atoms with Crippen molar-refractivity contribution in [3.05, 3.63) is 70.7 Å². The Morgan fingerprint density at radius 2 is 1.84 bits per heavy atom. The van der Waals surface area contributed by atoms with Gasteiger partial charge in [-0.25, -0.2) is 22.0 Å². The fourth-order valence-electron chi connectivity index (χ4n) is 4.99. The smallest absolute Gasteiger partial charge is 0.144 e. The number of rotatable bonds is 8. The van der Waals surface area contributed by atoms with E-state index < -0.39 is 41.3 Å². The van der Waals surface area contributed by atoms with E-state index in [1.54, 1.807) is 18.2 Å². The van der Waals surface area contributed by atoms with Crippen molar-refractivity contribution in [2.75, 3.05) is 33.4 Å². The second-order valence-corrected chi connectivity index (χ2v) is 9.70. The molecule has 0 saturated carbocycles. The van der Waals surface area contributed by atoms with E-state index in [4.69, 9.17) is 4.74 Å². The number of methoxy groups -OCH3 is 1. The second-order valence-electron chi connectivity index (χ2n) is 9.70. The van der Waals surface area contributed by atoms with Gasteiger partial charge in [0.2, 0.25) is 0 Å². The lowest BCUT2D eigenvalue weighted by Crippen LogP contribution is -2.42. The first-order chi connectivity index (χ1) is 18.3. The minimum absolute atomic E-state index is 0.104. The van der Waals surface area contributed by atoms with Crippen molar-refractivity contribution in [3.8, 4) is 17.6 Å². The summed E-state index contributed by atoms with van der Waals surface area (Å²) in [4.78, 5) is 6.22. The summed E-state index contributed by atoms with van der Waals surface area (Å²) in [6.45, 7) is 0.403. The van der Waals surface area contributed by atoms with Crippen LogP contribution in [0, 0.1) is 34.7 Å². The van der Waals surface area contributed by atoms with Gasteiger partial charge in [0.25, 0.3) is 0 Å². The van der Waals surface area contributed by atoms with Gasteiger partial charge in [0.15, 0.2) is 0 Å². The summed E-state index contributed by atoms with van der Waals surface area (Å²) < 4.78 is 75.3. The van der Waals surface area contributed by atoms with E-state index in [0.717, 1.165) is 0 Å². The number of alkyl halides is 2. The number of hydrogen-bond donors (Lipinski definition) is 1. The largest absolute Gasteiger partial charge is 0.497 e. The molecule has 4 nitrogen and oxygen atoms in total. The molecule has 0 aliphatic carbocycles. The minimum atomic E-state index is -1.45. The number of likely N-dealkylation sites (tertiary alicyclic amines) is 1. The Kier molecular flexibility index (Phi) is 8.85. The van der Waals surface area contributed by atoms with Crippen molar-refractivity contribution in [1.29, 1.82) is 0 Å². The van der Waals surface area contributed by atoms with Crippen LogP contribution >= 0.6 is 0 Å². The molecule has 1 aliphatic rings. The van der Waals surface area contributed by atoms with Crippen molar-refractivity contribution < 1.29 is 31.8 Å². The van der Waals surface area contributed by atoms with Crippen molar-refractivity contribution in [2.24, 2.45) is 5.41 Å². The van der Waals surface area contributed by atoms with E-state index in [0.29, 0.717) is 61.1 Å². The van der Waals surface area contributed by atoms with Crippen LogP contribution < -0.4 is 4.74 Å². The third-order valence-corrected chi connectivity index (χ3v) is 7.36. The molecule has 1 atom stereocenters. The van der Waals surface area contributed by atoms with Gasteiger partial charge in [0, 0.05) is 41.4 Å². The molecule has 0 radical (unpaired) electrons. The van der Waals surface area contributed by atoms with E-state index in [1.165, 1.54) is 13.3 Å². The van der Waals surface area contributed by atoms with Gasteiger partial charge in [-0.1, -0.05) is 11.8 Å². The number of hydrogen-bond acceptors (Lipinski definition) is 4. The lowest BCUT2D eigenvalue weighted by Gasteiger charge is -2.40. The maximum absolute atomic E-state index is 15.7. The first-order valence-electron chi connectivity index (χ1n) is 12.4. The van der Waals surface area contributed by atoms with Crippen molar-refractivity contribution in [1.82, 2.24) is 9.88 Å². The fourth-order valence-corrected chi connectivity index (χ4v) is 4.99. The molecule has 1 aliphatic heterocycles. The molecule has 1 N–H and O–H groups in total. The van der Waals surface area contributed by atoms with E-state index in [9.17, 15) is 22.7 Å². The van der Waals surface area contributed by atoms with E-state index in [-0.39, 0.29) is 30.7 Å². The number of aliphatic hydroxyl groups is 1. The number of halogens is 5. The van der Waals surface area contributed by atoms with Crippen LogP contribution in [-0.2, 0) is 6.67 Å². The van der Waals surface area contributed by atoms with Gasteiger partial charge < -0.3 is 9.84 Å². The lowest BCUT2D eigenvalue weighted by molar-refractivity contribution is 0.0344. The number of fused-ring (bicyclic) bond motifs is 1. The number of benzene rings is 2. The van der Waals surface area contributed by atoms with Crippen molar-refractivity contribution >= 4 is 10.9 Å². The highest BCUT2D eigenvalue weighted by Crippen LogP contribution is 2.41. The first kappa shape index (κ1) is 27.8. The molecule has 1 aromatic heterocycles. The predicted molar refractivity (Wildman–Crippen MR) is 135 cm³/mol. The van der Waals surface area contributed by atoms with Crippen molar-refractivity contribution in [3.63, 3.8) is 0 Å². The molecule has 0 amide bonds. The molecule has 0 bridgehead atoms. The highest BCUT2D eigenvalue weighted by Gasteiger charge is 2.35. The number of aliphatic hydroxyl groups excluding tert-OH is 1. The highest BCUT2D eigenvalue weighted by atomic mass is 19.2. The molecular formula is C29H29F5N2O2. The fraction of sp³-hybridized carbons (Fsp3) is 0.414. The van der Waals surface area contributed by atoms with Crippen LogP contribution in [0.15, 0.2) is 36.5 Å². The van der Waals surface area contributed by atoms with Gasteiger partial charge in [-0.15, -0.1) is 0 Å². The van der Waals surface area contributed by atoms with Crippen LogP contribution in [0.4, 0.5) is 22.0 Å². The molecule has 4 rings (SSSR count). The van der Waals surface area contributed by atoms with E-state index >= 15 is 4.39 Å². The quantitative estimate of drug-likeness (QED) is 0.284. The van der Waals surface area contributed by atoms with Gasteiger partial charge in [-0.2, -0.15) is 0 Å². The first-order valence-corrected chi connectivity index (χ1v) is 12.4. The molecular weight excluding hydrogens is 503 g/mol. The van der Waals surface area contributed by atoms with Crippen LogP contribution in [0.1, 0.15) is 48.5 Å². The minimum Gasteiger partial charge on any atom is -0.497 e. The van der Waals surface area contributed by atoms with E-state index in [1.807, 2.05) is 4.90 Å². The third kappa shape index (κ3) is 6.08.